The highest BCUT2D eigenvalue weighted by Crippen LogP contribution is 2.40. The van der Waals surface area contributed by atoms with Crippen LogP contribution in [0, 0.1) is 0 Å². The number of carbonyl (C=O) groups excluding carboxylic acids is 1. The van der Waals surface area contributed by atoms with E-state index < -0.39 is 21.5 Å². The molecule has 0 bridgehead atoms. The Hall–Kier alpha value is -2.81. The first-order valence-electron chi connectivity index (χ1n) is 10.4. The van der Waals surface area contributed by atoms with Crippen molar-refractivity contribution in [1.82, 2.24) is 10.2 Å². The van der Waals surface area contributed by atoms with Crippen LogP contribution in [-0.4, -0.2) is 49.3 Å². The van der Waals surface area contributed by atoms with Crippen molar-refractivity contribution >= 4 is 49.5 Å². The van der Waals surface area contributed by atoms with Gasteiger partial charge in [-0.2, -0.15) is 21.6 Å². The summed E-state index contributed by atoms with van der Waals surface area (Å²) < 4.78 is 69.3. The van der Waals surface area contributed by atoms with Crippen molar-refractivity contribution in [3.8, 4) is 0 Å². The SMILES string of the molecule is CCCOC(=O)c1nnc(N=Nc2cc3c(cc2NS(=O)(=O)C(F)(F)F)N(CC)C(C)CC3)s1. The number of nitrogens with one attached hydrogen (secondary N) is 1. The fourth-order valence-corrected chi connectivity index (χ4v) is 4.51. The minimum atomic E-state index is -5.69. The fourth-order valence-electron chi connectivity index (χ4n) is 3.39. The van der Waals surface area contributed by atoms with Gasteiger partial charge in [-0.1, -0.05) is 18.3 Å². The number of hydrogen-bond acceptors (Lipinski definition) is 10. The van der Waals surface area contributed by atoms with Gasteiger partial charge in [0.05, 0.1) is 12.3 Å². The third kappa shape index (κ3) is 5.63. The minimum Gasteiger partial charge on any atom is -0.460 e. The number of benzene rings is 1. The third-order valence-electron chi connectivity index (χ3n) is 5.03. The zero-order chi connectivity index (χ0) is 25.1. The van der Waals surface area contributed by atoms with Crippen molar-refractivity contribution in [2.24, 2.45) is 10.2 Å². The summed E-state index contributed by atoms with van der Waals surface area (Å²) in [5, 5.41) is 15.0. The molecule has 2 aromatic rings. The van der Waals surface area contributed by atoms with E-state index in [4.69, 9.17) is 4.74 Å². The molecule has 1 aliphatic rings. The molecule has 1 N–H and O–H groups in total. The van der Waals surface area contributed by atoms with Gasteiger partial charge in [-0.25, -0.2) is 4.79 Å². The fraction of sp³-hybridized carbons (Fsp3) is 0.526. The van der Waals surface area contributed by atoms with Crippen LogP contribution in [0.2, 0.25) is 0 Å². The maximum atomic E-state index is 13.0. The first-order chi connectivity index (χ1) is 16.0. The normalized spacial score (nSPS) is 16.5. The second-order valence-electron chi connectivity index (χ2n) is 7.45. The standard InChI is InChI=1S/C19H23F3N6O4S2/c1-4-8-32-17(29)16-24-26-18(33-16)25-23-13-9-12-7-6-11(3)28(5-2)15(12)10-14(13)27-34(30,31)19(20,21)22/h9-11,27H,4-8H2,1-3H3. The first kappa shape index (κ1) is 25.8. The second kappa shape index (κ2) is 10.2. The molecule has 15 heteroatoms. The number of anilines is 2. The summed E-state index contributed by atoms with van der Waals surface area (Å²) in [5.74, 6) is -0.679. The molecule has 34 heavy (non-hydrogen) atoms. The molecule has 1 atom stereocenters. The summed E-state index contributed by atoms with van der Waals surface area (Å²) >= 11 is 0.783. The topological polar surface area (TPSA) is 126 Å². The maximum Gasteiger partial charge on any atom is 0.516 e. The lowest BCUT2D eigenvalue weighted by atomic mass is 9.95. The lowest BCUT2D eigenvalue weighted by molar-refractivity contribution is -0.0429. The van der Waals surface area contributed by atoms with Crippen molar-refractivity contribution < 1.29 is 31.1 Å². The Morgan fingerprint density at radius 2 is 2.03 bits per heavy atom. The van der Waals surface area contributed by atoms with Gasteiger partial charge in [0.15, 0.2) is 0 Å². The van der Waals surface area contributed by atoms with E-state index in [0.29, 0.717) is 25.1 Å². The number of aromatic nitrogens is 2. The Balaban J connectivity index is 1.99. The smallest absolute Gasteiger partial charge is 0.460 e. The van der Waals surface area contributed by atoms with Crippen LogP contribution >= 0.6 is 11.3 Å². The lowest BCUT2D eigenvalue weighted by Gasteiger charge is -2.36. The Morgan fingerprint density at radius 1 is 1.29 bits per heavy atom. The number of azo groups is 1. The Bertz CT molecular complexity index is 1180. The molecule has 3 rings (SSSR count). The number of fused-ring (bicyclic) bond motifs is 1. The molecule has 10 nitrogen and oxygen atoms in total. The molecule has 0 spiro atoms. The molecule has 186 valence electrons. The number of carbonyl (C=O) groups is 1. The number of ether oxygens (including phenoxy) is 1. The number of aryl methyl sites for hydroxylation is 1. The van der Waals surface area contributed by atoms with Gasteiger partial charge in [-0.3, -0.25) is 4.72 Å². The van der Waals surface area contributed by atoms with Gasteiger partial charge in [0.1, 0.15) is 5.69 Å². The van der Waals surface area contributed by atoms with Crippen LogP contribution in [0.1, 0.15) is 49.0 Å². The third-order valence-corrected chi connectivity index (χ3v) is 6.91. The highest BCUT2D eigenvalue weighted by Gasteiger charge is 2.46. The average Bonchev–Trinajstić information content (AvgIpc) is 3.24. The molecule has 0 aliphatic carbocycles. The van der Waals surface area contributed by atoms with E-state index >= 15 is 0 Å². The van der Waals surface area contributed by atoms with Crippen LogP contribution < -0.4 is 9.62 Å². The van der Waals surface area contributed by atoms with Crippen LogP contribution in [0.4, 0.5) is 35.4 Å². The van der Waals surface area contributed by atoms with E-state index in [1.54, 1.807) is 4.72 Å². The molecule has 0 fully saturated rings. The predicted octanol–water partition coefficient (Wildman–Crippen LogP) is 4.94. The summed E-state index contributed by atoms with van der Waals surface area (Å²) in [6.07, 6.45) is 2.07. The predicted molar refractivity (Wildman–Crippen MR) is 121 cm³/mol. The van der Waals surface area contributed by atoms with Gasteiger partial charge in [-0.05, 0) is 50.8 Å². The molecule has 1 unspecified atom stereocenters. The molecule has 0 saturated carbocycles. The number of alkyl halides is 3. The monoisotopic (exact) mass is 520 g/mol. The van der Waals surface area contributed by atoms with Crippen molar-refractivity contribution in [3.63, 3.8) is 0 Å². The van der Waals surface area contributed by atoms with Crippen LogP contribution in [0.5, 0.6) is 0 Å². The molecule has 1 aromatic carbocycles. The Labute approximate surface area is 198 Å². The van der Waals surface area contributed by atoms with Gasteiger partial charge in [0.25, 0.3) is 5.13 Å². The highest BCUT2D eigenvalue weighted by atomic mass is 32.2. The van der Waals surface area contributed by atoms with Crippen molar-refractivity contribution in [2.45, 2.75) is 51.6 Å². The summed E-state index contributed by atoms with van der Waals surface area (Å²) in [7, 11) is -5.69. The summed E-state index contributed by atoms with van der Waals surface area (Å²) in [4.78, 5) is 13.8. The highest BCUT2D eigenvalue weighted by molar-refractivity contribution is 7.93. The first-order valence-corrected chi connectivity index (χ1v) is 12.7. The quantitative estimate of drug-likeness (QED) is 0.386. The van der Waals surface area contributed by atoms with Gasteiger partial charge in [0, 0.05) is 18.3 Å². The molecule has 2 heterocycles. The molecule has 1 aromatic heterocycles. The molecule has 0 saturated heterocycles. The minimum absolute atomic E-state index is 0.0467. The molecule has 1 aliphatic heterocycles. The number of esters is 1. The van der Waals surface area contributed by atoms with Crippen LogP contribution in [0.25, 0.3) is 0 Å². The molecular formula is C19H23F3N6O4S2. The van der Waals surface area contributed by atoms with Crippen molar-refractivity contribution in [3.05, 3.63) is 22.7 Å². The number of hydrogen-bond donors (Lipinski definition) is 1. The molecular weight excluding hydrogens is 497 g/mol. The molecule has 0 amide bonds. The zero-order valence-electron chi connectivity index (χ0n) is 18.6. The molecule has 0 radical (unpaired) electrons. The van der Waals surface area contributed by atoms with E-state index in [1.807, 2.05) is 25.7 Å². The maximum absolute atomic E-state index is 13.0. The van der Waals surface area contributed by atoms with Gasteiger partial charge < -0.3 is 9.64 Å². The van der Waals surface area contributed by atoms with E-state index in [1.165, 1.54) is 12.1 Å². The van der Waals surface area contributed by atoms with Crippen molar-refractivity contribution in [2.75, 3.05) is 22.8 Å². The summed E-state index contributed by atoms with van der Waals surface area (Å²) in [5.41, 5.74) is -4.59. The number of nitrogens with zero attached hydrogens (tertiary/aromatic N) is 5. The Kier molecular flexibility index (Phi) is 7.75. The van der Waals surface area contributed by atoms with E-state index in [-0.39, 0.29) is 34.2 Å². The lowest BCUT2D eigenvalue weighted by Crippen LogP contribution is -2.37. The summed E-state index contributed by atoms with van der Waals surface area (Å²) in [6.45, 7) is 6.51. The van der Waals surface area contributed by atoms with Crippen LogP contribution in [0.3, 0.4) is 0 Å². The number of sulfonamides is 1. The van der Waals surface area contributed by atoms with E-state index in [0.717, 1.165) is 23.3 Å². The van der Waals surface area contributed by atoms with E-state index in [9.17, 15) is 26.4 Å². The van der Waals surface area contributed by atoms with E-state index in [2.05, 4.69) is 20.4 Å². The number of rotatable bonds is 8. The largest absolute Gasteiger partial charge is 0.516 e. The zero-order valence-corrected chi connectivity index (χ0v) is 20.2. The summed E-state index contributed by atoms with van der Waals surface area (Å²) in [6, 6.07) is 2.96. The van der Waals surface area contributed by atoms with Crippen LogP contribution in [0.15, 0.2) is 22.4 Å². The van der Waals surface area contributed by atoms with Crippen LogP contribution in [-0.2, 0) is 21.2 Å². The van der Waals surface area contributed by atoms with Gasteiger partial charge >= 0.3 is 21.5 Å². The van der Waals surface area contributed by atoms with Gasteiger partial charge in [-0.15, -0.1) is 20.4 Å². The van der Waals surface area contributed by atoms with Gasteiger partial charge in [0.2, 0.25) is 5.01 Å². The Morgan fingerprint density at radius 3 is 2.68 bits per heavy atom. The second-order valence-corrected chi connectivity index (χ2v) is 10.1. The number of halogens is 3. The average molecular weight is 521 g/mol. The van der Waals surface area contributed by atoms with Crippen molar-refractivity contribution in [1.29, 1.82) is 0 Å².